The number of benzene rings is 2. The molecule has 0 spiro atoms. The first kappa shape index (κ1) is 18.1. The van der Waals surface area contributed by atoms with Gasteiger partial charge in [-0.1, -0.05) is 67.8 Å². The number of aliphatic hydroxyl groups is 1. The van der Waals surface area contributed by atoms with Gasteiger partial charge in [-0.25, -0.2) is 4.79 Å². The molecule has 2 N–H and O–H groups in total. The van der Waals surface area contributed by atoms with Crippen LogP contribution in [-0.2, 0) is 4.74 Å². The molecule has 1 fully saturated rings. The summed E-state index contributed by atoms with van der Waals surface area (Å²) in [6, 6.07) is 16.6. The molecule has 1 unspecified atom stereocenters. The Morgan fingerprint density at radius 3 is 2.26 bits per heavy atom. The SMILES string of the molecule is O=C(NCC(CO)CC1CCC1)OCC1c2ccccc2-c2ccccc21. The van der Waals surface area contributed by atoms with Gasteiger partial charge in [0.25, 0.3) is 0 Å². The van der Waals surface area contributed by atoms with E-state index >= 15 is 0 Å². The Hall–Kier alpha value is -2.33. The van der Waals surface area contributed by atoms with Gasteiger partial charge in [0.1, 0.15) is 6.61 Å². The first-order valence-corrected chi connectivity index (χ1v) is 9.96. The van der Waals surface area contributed by atoms with Crippen molar-refractivity contribution in [3.05, 3.63) is 59.7 Å². The predicted molar refractivity (Wildman–Crippen MR) is 106 cm³/mol. The monoisotopic (exact) mass is 365 g/mol. The van der Waals surface area contributed by atoms with Gasteiger partial charge in [0.15, 0.2) is 0 Å². The molecule has 0 bridgehead atoms. The summed E-state index contributed by atoms with van der Waals surface area (Å²) in [7, 11) is 0. The Morgan fingerprint density at radius 2 is 1.70 bits per heavy atom. The highest BCUT2D eigenvalue weighted by molar-refractivity contribution is 5.79. The lowest BCUT2D eigenvalue weighted by Crippen LogP contribution is -2.33. The Morgan fingerprint density at radius 1 is 1.07 bits per heavy atom. The fraction of sp³-hybridized carbons (Fsp3) is 0.435. The number of rotatable bonds is 7. The molecule has 4 rings (SSSR count). The minimum atomic E-state index is -0.399. The number of carbonyl (C=O) groups is 1. The molecule has 0 saturated heterocycles. The third-order valence-corrected chi connectivity index (χ3v) is 6.03. The molecule has 2 aliphatic carbocycles. The van der Waals surface area contributed by atoms with Crippen LogP contribution < -0.4 is 5.32 Å². The van der Waals surface area contributed by atoms with E-state index in [-0.39, 0.29) is 18.4 Å². The number of hydrogen-bond acceptors (Lipinski definition) is 3. The molecule has 2 aromatic rings. The molecule has 0 aromatic heterocycles. The highest BCUT2D eigenvalue weighted by Gasteiger charge is 2.29. The van der Waals surface area contributed by atoms with Gasteiger partial charge < -0.3 is 15.2 Å². The van der Waals surface area contributed by atoms with Crippen LogP contribution in [0.25, 0.3) is 11.1 Å². The van der Waals surface area contributed by atoms with Crippen LogP contribution in [0.2, 0.25) is 0 Å². The van der Waals surface area contributed by atoms with Crippen LogP contribution in [0.4, 0.5) is 4.79 Å². The fourth-order valence-electron chi connectivity index (χ4n) is 4.30. The second-order valence-corrected chi connectivity index (χ2v) is 7.79. The lowest BCUT2D eigenvalue weighted by molar-refractivity contribution is 0.132. The molecule has 4 heteroatoms. The summed E-state index contributed by atoms with van der Waals surface area (Å²) in [5, 5.41) is 12.4. The van der Waals surface area contributed by atoms with Crippen LogP contribution in [0.3, 0.4) is 0 Å². The predicted octanol–water partition coefficient (Wildman–Crippen LogP) is 4.32. The molecule has 2 aromatic carbocycles. The van der Waals surface area contributed by atoms with Crippen molar-refractivity contribution in [2.45, 2.75) is 31.6 Å². The maximum absolute atomic E-state index is 12.2. The van der Waals surface area contributed by atoms with Crippen molar-refractivity contribution in [3.63, 3.8) is 0 Å². The van der Waals surface area contributed by atoms with Crippen LogP contribution in [0.15, 0.2) is 48.5 Å². The van der Waals surface area contributed by atoms with Crippen LogP contribution in [0.5, 0.6) is 0 Å². The van der Waals surface area contributed by atoms with E-state index in [0.717, 1.165) is 6.42 Å². The lowest BCUT2D eigenvalue weighted by Gasteiger charge is -2.29. The molecule has 1 atom stereocenters. The number of amides is 1. The van der Waals surface area contributed by atoms with E-state index in [2.05, 4.69) is 29.6 Å². The van der Waals surface area contributed by atoms with Crippen LogP contribution in [-0.4, -0.2) is 31.0 Å². The average Bonchev–Trinajstić information content (AvgIpc) is 2.99. The lowest BCUT2D eigenvalue weighted by atomic mass is 9.79. The van der Waals surface area contributed by atoms with Gasteiger partial charge in [-0.2, -0.15) is 0 Å². The fourth-order valence-corrected chi connectivity index (χ4v) is 4.30. The maximum atomic E-state index is 12.2. The molecule has 142 valence electrons. The average molecular weight is 365 g/mol. The number of ether oxygens (including phenoxy) is 1. The van der Waals surface area contributed by atoms with Crippen LogP contribution in [0, 0.1) is 11.8 Å². The number of fused-ring (bicyclic) bond motifs is 3. The standard InChI is InChI=1S/C23H27NO3/c25-14-17(12-16-6-5-7-16)13-24-23(26)27-15-22-20-10-3-1-8-18(20)19-9-2-4-11-21(19)22/h1-4,8-11,16-17,22,25H,5-7,12-15H2,(H,24,26). The van der Waals surface area contributed by atoms with Gasteiger partial charge in [-0.3, -0.25) is 0 Å². The van der Waals surface area contributed by atoms with E-state index in [1.54, 1.807) is 0 Å². The minimum Gasteiger partial charge on any atom is -0.449 e. The first-order valence-electron chi connectivity index (χ1n) is 9.96. The number of nitrogens with one attached hydrogen (secondary N) is 1. The van der Waals surface area contributed by atoms with Crippen molar-refractivity contribution in [2.24, 2.45) is 11.8 Å². The molecule has 1 amide bonds. The number of aliphatic hydroxyl groups excluding tert-OH is 1. The number of carbonyl (C=O) groups excluding carboxylic acids is 1. The van der Waals surface area contributed by atoms with Gasteiger partial charge in [0, 0.05) is 19.1 Å². The summed E-state index contributed by atoms with van der Waals surface area (Å²) in [6.45, 7) is 0.913. The molecule has 0 radical (unpaired) electrons. The second kappa shape index (κ2) is 8.13. The van der Waals surface area contributed by atoms with Crippen LogP contribution >= 0.6 is 0 Å². The Kier molecular flexibility index (Phi) is 5.44. The maximum Gasteiger partial charge on any atom is 0.407 e. The van der Waals surface area contributed by atoms with Crippen molar-refractivity contribution in [1.82, 2.24) is 5.32 Å². The Labute approximate surface area is 160 Å². The summed E-state index contributed by atoms with van der Waals surface area (Å²) in [4.78, 5) is 12.2. The Balaban J connectivity index is 1.33. The van der Waals surface area contributed by atoms with E-state index in [0.29, 0.717) is 19.1 Å². The molecule has 0 heterocycles. The van der Waals surface area contributed by atoms with E-state index < -0.39 is 6.09 Å². The zero-order chi connectivity index (χ0) is 18.6. The topological polar surface area (TPSA) is 58.6 Å². The highest BCUT2D eigenvalue weighted by Crippen LogP contribution is 2.44. The Bertz CT molecular complexity index is 754. The van der Waals surface area contributed by atoms with Gasteiger partial charge in [0.05, 0.1) is 0 Å². The molecule has 1 saturated carbocycles. The van der Waals surface area contributed by atoms with E-state index in [9.17, 15) is 9.90 Å². The van der Waals surface area contributed by atoms with Gasteiger partial charge in [-0.15, -0.1) is 0 Å². The van der Waals surface area contributed by atoms with Gasteiger partial charge in [-0.05, 0) is 40.5 Å². The number of alkyl carbamates (subject to hydrolysis) is 1. The minimum absolute atomic E-state index is 0.0757. The quantitative estimate of drug-likeness (QED) is 0.768. The van der Waals surface area contributed by atoms with Crippen LogP contribution in [0.1, 0.15) is 42.7 Å². The second-order valence-electron chi connectivity index (χ2n) is 7.79. The molecule has 2 aliphatic rings. The molecular weight excluding hydrogens is 338 g/mol. The first-order chi connectivity index (χ1) is 13.3. The van der Waals surface area contributed by atoms with E-state index in [1.165, 1.54) is 41.5 Å². The molecular formula is C23H27NO3. The van der Waals surface area contributed by atoms with Crippen molar-refractivity contribution >= 4 is 6.09 Å². The third kappa shape index (κ3) is 3.86. The third-order valence-electron chi connectivity index (χ3n) is 6.03. The van der Waals surface area contributed by atoms with Crippen molar-refractivity contribution < 1.29 is 14.6 Å². The summed E-state index contributed by atoms with van der Waals surface area (Å²) in [5.74, 6) is 0.911. The van der Waals surface area contributed by atoms with Gasteiger partial charge >= 0.3 is 6.09 Å². The van der Waals surface area contributed by atoms with Crippen molar-refractivity contribution in [2.75, 3.05) is 19.8 Å². The summed E-state index contributed by atoms with van der Waals surface area (Å²) in [5.41, 5.74) is 4.88. The smallest absolute Gasteiger partial charge is 0.407 e. The molecule has 27 heavy (non-hydrogen) atoms. The summed E-state index contributed by atoms with van der Waals surface area (Å²) in [6.07, 6.45) is 4.38. The molecule has 0 aliphatic heterocycles. The van der Waals surface area contributed by atoms with Crippen molar-refractivity contribution in [3.8, 4) is 11.1 Å². The normalized spacial score (nSPS) is 16.9. The van der Waals surface area contributed by atoms with E-state index in [1.807, 2.05) is 24.3 Å². The van der Waals surface area contributed by atoms with Crippen molar-refractivity contribution in [1.29, 1.82) is 0 Å². The summed E-state index contributed by atoms with van der Waals surface area (Å²) < 4.78 is 5.55. The highest BCUT2D eigenvalue weighted by atomic mass is 16.5. The van der Waals surface area contributed by atoms with Gasteiger partial charge in [0.2, 0.25) is 0 Å². The number of hydrogen-bond donors (Lipinski definition) is 2. The zero-order valence-electron chi connectivity index (χ0n) is 15.6. The largest absolute Gasteiger partial charge is 0.449 e. The summed E-state index contributed by atoms with van der Waals surface area (Å²) >= 11 is 0. The zero-order valence-corrected chi connectivity index (χ0v) is 15.6. The van der Waals surface area contributed by atoms with E-state index in [4.69, 9.17) is 4.74 Å². The molecule has 4 nitrogen and oxygen atoms in total.